The van der Waals surface area contributed by atoms with Crippen LogP contribution in [0.1, 0.15) is 47.3 Å². The first kappa shape index (κ1) is 20.6. The van der Waals surface area contributed by atoms with Crippen molar-refractivity contribution < 1.29 is 4.79 Å². The highest BCUT2D eigenvalue weighted by atomic mass is 32.2. The normalized spacial score (nSPS) is 13.5. The maximum Gasteiger partial charge on any atom is 0.259 e. The molecule has 0 saturated carbocycles. The van der Waals surface area contributed by atoms with Gasteiger partial charge in [-0.05, 0) is 51.3 Å². The van der Waals surface area contributed by atoms with Crippen LogP contribution < -0.4 is 10.9 Å². The minimum Gasteiger partial charge on any atom is -0.349 e. The molecule has 2 heterocycles. The maximum absolute atomic E-state index is 12.6. The average Bonchev–Trinajstić information content (AvgIpc) is 2.94. The third-order valence-corrected chi connectivity index (χ3v) is 7.20. The summed E-state index contributed by atoms with van der Waals surface area (Å²) in [7, 11) is 0. The molecule has 0 aliphatic rings. The van der Waals surface area contributed by atoms with Crippen LogP contribution in [-0.4, -0.2) is 21.1 Å². The number of carbonyl (C=O) groups excluding carboxylic acids is 1. The number of amides is 1. The Hall–Kier alpha value is -2.12. The summed E-state index contributed by atoms with van der Waals surface area (Å²) in [5.41, 5.74) is 3.17. The number of aromatic amines is 1. The fourth-order valence-electron chi connectivity index (χ4n) is 3.13. The molecule has 0 radical (unpaired) electrons. The number of thiophene rings is 1. The van der Waals surface area contributed by atoms with Crippen LogP contribution in [0, 0.1) is 20.8 Å². The van der Waals surface area contributed by atoms with Crippen LogP contribution in [0.2, 0.25) is 0 Å². The Balaban J connectivity index is 1.64. The van der Waals surface area contributed by atoms with E-state index in [0.717, 1.165) is 26.4 Å². The van der Waals surface area contributed by atoms with E-state index in [4.69, 9.17) is 0 Å². The number of hydrogen-bond acceptors (Lipinski definition) is 5. The van der Waals surface area contributed by atoms with E-state index in [1.54, 1.807) is 0 Å². The molecule has 5 nitrogen and oxygen atoms in total. The van der Waals surface area contributed by atoms with Crippen molar-refractivity contribution in [2.75, 3.05) is 0 Å². The lowest BCUT2D eigenvalue weighted by Crippen LogP contribution is -2.33. The number of H-pyrrole nitrogens is 1. The summed E-state index contributed by atoms with van der Waals surface area (Å²) in [6.07, 6.45) is 0. The number of benzene rings is 1. The highest BCUT2D eigenvalue weighted by molar-refractivity contribution is 7.99. The predicted molar refractivity (Wildman–Crippen MR) is 118 cm³/mol. The van der Waals surface area contributed by atoms with Crippen molar-refractivity contribution in [1.82, 2.24) is 15.3 Å². The number of carbonyl (C=O) groups is 1. The van der Waals surface area contributed by atoms with Crippen molar-refractivity contribution in [2.24, 2.45) is 0 Å². The standard InChI is InChI=1S/C21H25N3O2S2/c1-11-8-6-7-9-16(11)13(3)22-19(25)15(5)27-10-17-23-20(26)18-12(2)14(4)28-21(18)24-17/h6-9,13,15H,10H2,1-5H3,(H,22,25)(H,23,24,26). The zero-order chi connectivity index (χ0) is 20.4. The number of thioether (sulfide) groups is 1. The Kier molecular flexibility index (Phi) is 6.25. The first-order chi connectivity index (χ1) is 13.3. The largest absolute Gasteiger partial charge is 0.349 e. The van der Waals surface area contributed by atoms with Crippen molar-refractivity contribution >= 4 is 39.2 Å². The summed E-state index contributed by atoms with van der Waals surface area (Å²) in [6.45, 7) is 9.86. The lowest BCUT2D eigenvalue weighted by molar-refractivity contribution is -0.120. The van der Waals surface area contributed by atoms with E-state index in [1.807, 2.05) is 58.9 Å². The molecule has 0 aliphatic carbocycles. The number of nitrogens with zero attached hydrogens (tertiary/aromatic N) is 1. The molecular weight excluding hydrogens is 390 g/mol. The van der Waals surface area contributed by atoms with Crippen LogP contribution in [0.15, 0.2) is 29.1 Å². The maximum atomic E-state index is 12.6. The molecule has 1 aromatic carbocycles. The fraction of sp³-hybridized carbons (Fsp3) is 0.381. The Morgan fingerprint density at radius 3 is 2.68 bits per heavy atom. The van der Waals surface area contributed by atoms with Crippen molar-refractivity contribution in [1.29, 1.82) is 0 Å². The van der Waals surface area contributed by atoms with Gasteiger partial charge in [0.1, 0.15) is 10.7 Å². The molecule has 0 bridgehead atoms. The summed E-state index contributed by atoms with van der Waals surface area (Å²) in [5, 5.41) is 3.50. The molecule has 0 spiro atoms. The second kappa shape index (κ2) is 8.49. The summed E-state index contributed by atoms with van der Waals surface area (Å²) in [4.78, 5) is 34.2. The van der Waals surface area contributed by atoms with E-state index in [1.165, 1.54) is 23.1 Å². The number of rotatable bonds is 6. The molecule has 148 valence electrons. The molecule has 1 amide bonds. The van der Waals surface area contributed by atoms with Crippen LogP contribution in [0.25, 0.3) is 10.2 Å². The summed E-state index contributed by atoms with van der Waals surface area (Å²) in [5.74, 6) is 1.07. The predicted octanol–water partition coefficient (Wildman–Crippen LogP) is 4.41. The van der Waals surface area contributed by atoms with E-state index in [-0.39, 0.29) is 22.8 Å². The molecule has 0 fully saturated rings. The first-order valence-electron chi connectivity index (χ1n) is 9.24. The Bertz CT molecular complexity index is 1070. The third kappa shape index (κ3) is 4.31. The minimum absolute atomic E-state index is 0.0213. The van der Waals surface area contributed by atoms with Gasteiger partial charge in [-0.2, -0.15) is 0 Å². The molecule has 2 atom stereocenters. The van der Waals surface area contributed by atoms with Gasteiger partial charge in [0.15, 0.2) is 0 Å². The second-order valence-electron chi connectivity index (χ2n) is 7.02. The van der Waals surface area contributed by atoms with Gasteiger partial charge < -0.3 is 10.3 Å². The van der Waals surface area contributed by atoms with Crippen LogP contribution >= 0.6 is 23.1 Å². The number of fused-ring (bicyclic) bond motifs is 1. The molecule has 0 saturated heterocycles. The number of nitrogens with one attached hydrogen (secondary N) is 2. The second-order valence-corrected chi connectivity index (χ2v) is 9.55. The van der Waals surface area contributed by atoms with Crippen molar-refractivity contribution in [2.45, 2.75) is 51.7 Å². The SMILES string of the molecule is Cc1ccccc1C(C)NC(=O)C(C)SCc1nc2sc(C)c(C)c2c(=O)[nH]1. The summed E-state index contributed by atoms with van der Waals surface area (Å²) in [6, 6.07) is 8.00. The van der Waals surface area contributed by atoms with Gasteiger partial charge in [-0.25, -0.2) is 4.98 Å². The Morgan fingerprint density at radius 1 is 1.25 bits per heavy atom. The molecule has 2 N–H and O–H groups in total. The highest BCUT2D eigenvalue weighted by Crippen LogP contribution is 2.26. The van der Waals surface area contributed by atoms with Gasteiger partial charge in [0.25, 0.3) is 5.56 Å². The topological polar surface area (TPSA) is 74.8 Å². The lowest BCUT2D eigenvalue weighted by atomic mass is 10.0. The monoisotopic (exact) mass is 415 g/mol. The zero-order valence-corrected chi connectivity index (χ0v) is 18.4. The molecule has 0 aliphatic heterocycles. The van der Waals surface area contributed by atoms with Crippen molar-refractivity contribution in [3.63, 3.8) is 0 Å². The van der Waals surface area contributed by atoms with Crippen molar-refractivity contribution in [3.8, 4) is 0 Å². The van der Waals surface area contributed by atoms with Crippen LogP contribution in [0.4, 0.5) is 0 Å². The lowest BCUT2D eigenvalue weighted by Gasteiger charge is -2.19. The van der Waals surface area contributed by atoms with Crippen LogP contribution in [0.3, 0.4) is 0 Å². The molecule has 2 unspecified atom stereocenters. The molecular formula is C21H25N3O2S2. The molecule has 3 aromatic rings. The third-order valence-electron chi connectivity index (χ3n) is 4.94. The molecule has 2 aromatic heterocycles. The molecule has 7 heteroatoms. The van der Waals surface area contributed by atoms with Gasteiger partial charge in [-0.1, -0.05) is 24.3 Å². The van der Waals surface area contributed by atoms with E-state index < -0.39 is 0 Å². The van der Waals surface area contributed by atoms with Gasteiger partial charge in [0.2, 0.25) is 5.91 Å². The quantitative estimate of drug-likeness (QED) is 0.625. The van der Waals surface area contributed by atoms with Crippen LogP contribution in [-0.2, 0) is 10.5 Å². The Morgan fingerprint density at radius 2 is 1.96 bits per heavy atom. The van der Waals surface area contributed by atoms with E-state index in [2.05, 4.69) is 15.3 Å². The van der Waals surface area contributed by atoms with E-state index in [9.17, 15) is 9.59 Å². The van der Waals surface area contributed by atoms with Gasteiger partial charge in [-0.15, -0.1) is 23.1 Å². The number of aryl methyl sites for hydroxylation is 3. The molecule has 28 heavy (non-hydrogen) atoms. The van der Waals surface area contributed by atoms with Crippen molar-refractivity contribution in [3.05, 3.63) is 62.0 Å². The molecule has 3 rings (SSSR count). The minimum atomic E-state index is -0.251. The zero-order valence-electron chi connectivity index (χ0n) is 16.8. The van der Waals surface area contributed by atoms with Gasteiger partial charge in [0, 0.05) is 4.88 Å². The van der Waals surface area contributed by atoms with E-state index in [0.29, 0.717) is 17.0 Å². The first-order valence-corrected chi connectivity index (χ1v) is 11.1. The Labute approximate surface area is 173 Å². The average molecular weight is 416 g/mol. The summed E-state index contributed by atoms with van der Waals surface area (Å²) < 4.78 is 0. The number of aromatic nitrogens is 2. The van der Waals surface area contributed by atoms with Gasteiger partial charge in [-0.3, -0.25) is 9.59 Å². The highest BCUT2D eigenvalue weighted by Gasteiger charge is 2.18. The van der Waals surface area contributed by atoms with E-state index >= 15 is 0 Å². The smallest absolute Gasteiger partial charge is 0.259 e. The van der Waals surface area contributed by atoms with Gasteiger partial charge >= 0.3 is 0 Å². The summed E-state index contributed by atoms with van der Waals surface area (Å²) >= 11 is 3.00. The fourth-order valence-corrected chi connectivity index (χ4v) is 4.94. The van der Waals surface area contributed by atoms with Gasteiger partial charge in [0.05, 0.1) is 22.4 Å². The number of hydrogen-bond donors (Lipinski definition) is 2. The van der Waals surface area contributed by atoms with Crippen LogP contribution in [0.5, 0.6) is 0 Å².